The third kappa shape index (κ3) is 3.06. The predicted molar refractivity (Wildman–Crippen MR) is 84.7 cm³/mol. The quantitative estimate of drug-likeness (QED) is 0.866. The van der Waals surface area contributed by atoms with Crippen LogP contribution in [-0.2, 0) is 7.05 Å². The lowest BCUT2D eigenvalue weighted by atomic mass is 9.85. The van der Waals surface area contributed by atoms with E-state index in [1.165, 1.54) is 9.70 Å². The van der Waals surface area contributed by atoms with Crippen LogP contribution in [0, 0.1) is 5.92 Å². The molecule has 1 aromatic rings. The van der Waals surface area contributed by atoms with E-state index in [2.05, 4.69) is 33.7 Å². The standard InChI is InChI=1S/C15H22N6O2/c1-9-7-10(2)13-11(8-9)12(5-4-6-21(13)15(22)23)16-14-17-19-20(3)18-14/h7,9,12H,4-6,8H2,1-3H3,(H,16,18)(H,22,23). The molecule has 3 rings (SSSR count). The van der Waals surface area contributed by atoms with Gasteiger partial charge in [-0.05, 0) is 48.5 Å². The van der Waals surface area contributed by atoms with E-state index in [1.54, 1.807) is 7.05 Å². The van der Waals surface area contributed by atoms with Gasteiger partial charge in [0.15, 0.2) is 0 Å². The normalized spacial score (nSPS) is 24.8. The Labute approximate surface area is 134 Å². The van der Waals surface area contributed by atoms with E-state index < -0.39 is 6.09 Å². The SMILES string of the molecule is CC1=CC(C)CC2=C1N(C(=O)O)CCCC2Nc1nnn(C)n1. The highest BCUT2D eigenvalue weighted by atomic mass is 16.4. The van der Waals surface area contributed by atoms with Crippen molar-refractivity contribution in [3.05, 3.63) is 22.9 Å². The van der Waals surface area contributed by atoms with Crippen LogP contribution in [0.5, 0.6) is 0 Å². The van der Waals surface area contributed by atoms with E-state index in [0.717, 1.165) is 36.1 Å². The lowest BCUT2D eigenvalue weighted by Crippen LogP contribution is -2.33. The summed E-state index contributed by atoms with van der Waals surface area (Å²) in [5.74, 6) is 0.870. The zero-order chi connectivity index (χ0) is 16.6. The number of hydrogen-bond donors (Lipinski definition) is 2. The van der Waals surface area contributed by atoms with Crippen molar-refractivity contribution in [2.45, 2.75) is 39.2 Å². The second-order valence-electron chi connectivity index (χ2n) is 6.28. The van der Waals surface area contributed by atoms with Gasteiger partial charge in [0.05, 0.1) is 18.8 Å². The molecular weight excluding hydrogens is 296 g/mol. The molecule has 2 heterocycles. The summed E-state index contributed by atoms with van der Waals surface area (Å²) in [5.41, 5.74) is 3.00. The molecule has 1 amide bonds. The Balaban J connectivity index is 1.99. The van der Waals surface area contributed by atoms with Crippen LogP contribution in [0.15, 0.2) is 22.9 Å². The Morgan fingerprint density at radius 1 is 1.48 bits per heavy atom. The molecule has 0 fully saturated rings. The van der Waals surface area contributed by atoms with Crippen molar-refractivity contribution in [2.24, 2.45) is 13.0 Å². The molecule has 0 spiro atoms. The monoisotopic (exact) mass is 318 g/mol. The molecule has 2 atom stereocenters. The van der Waals surface area contributed by atoms with Gasteiger partial charge in [-0.15, -0.1) is 5.10 Å². The van der Waals surface area contributed by atoms with Gasteiger partial charge in [-0.25, -0.2) is 4.79 Å². The number of carbonyl (C=O) groups is 1. The van der Waals surface area contributed by atoms with Crippen molar-refractivity contribution in [1.29, 1.82) is 0 Å². The minimum Gasteiger partial charge on any atom is -0.465 e. The molecule has 1 aromatic heterocycles. The van der Waals surface area contributed by atoms with E-state index in [1.807, 2.05) is 6.92 Å². The van der Waals surface area contributed by atoms with Crippen molar-refractivity contribution in [1.82, 2.24) is 25.1 Å². The van der Waals surface area contributed by atoms with Gasteiger partial charge in [0.25, 0.3) is 5.95 Å². The number of carboxylic acid groups (broad SMARTS) is 1. The Morgan fingerprint density at radius 3 is 2.91 bits per heavy atom. The Hall–Kier alpha value is -2.38. The average Bonchev–Trinajstić information content (AvgIpc) is 2.78. The average molecular weight is 318 g/mol. The number of nitrogens with one attached hydrogen (secondary N) is 1. The number of hydrogen-bond acceptors (Lipinski definition) is 5. The minimum absolute atomic E-state index is 0.0321. The fourth-order valence-electron chi connectivity index (χ4n) is 3.54. The van der Waals surface area contributed by atoms with Crippen molar-refractivity contribution < 1.29 is 9.90 Å². The Morgan fingerprint density at radius 2 is 2.26 bits per heavy atom. The zero-order valence-corrected chi connectivity index (χ0v) is 13.7. The highest BCUT2D eigenvalue weighted by Gasteiger charge is 2.33. The van der Waals surface area contributed by atoms with Crippen molar-refractivity contribution in [3.8, 4) is 0 Å². The summed E-state index contributed by atoms with van der Waals surface area (Å²) in [6, 6.07) is 0.0321. The fourth-order valence-corrected chi connectivity index (χ4v) is 3.54. The van der Waals surface area contributed by atoms with Gasteiger partial charge in [0.2, 0.25) is 0 Å². The maximum Gasteiger partial charge on any atom is 0.411 e. The number of allylic oxidation sites excluding steroid dienone is 2. The number of aryl methyl sites for hydroxylation is 1. The number of tetrazole rings is 1. The topological polar surface area (TPSA) is 96.2 Å². The van der Waals surface area contributed by atoms with Gasteiger partial charge in [-0.1, -0.05) is 18.1 Å². The van der Waals surface area contributed by atoms with Crippen LogP contribution in [-0.4, -0.2) is 48.9 Å². The number of anilines is 1. The van der Waals surface area contributed by atoms with Gasteiger partial charge in [-0.3, -0.25) is 4.90 Å². The maximum absolute atomic E-state index is 11.7. The smallest absolute Gasteiger partial charge is 0.411 e. The van der Waals surface area contributed by atoms with Crippen molar-refractivity contribution in [3.63, 3.8) is 0 Å². The number of rotatable bonds is 2. The van der Waals surface area contributed by atoms with Crippen LogP contribution in [0.4, 0.5) is 10.7 Å². The van der Waals surface area contributed by atoms with Crippen LogP contribution < -0.4 is 5.32 Å². The summed E-state index contributed by atoms with van der Waals surface area (Å²) >= 11 is 0. The van der Waals surface area contributed by atoms with E-state index in [0.29, 0.717) is 18.4 Å². The van der Waals surface area contributed by atoms with Crippen molar-refractivity contribution in [2.75, 3.05) is 11.9 Å². The van der Waals surface area contributed by atoms with E-state index >= 15 is 0 Å². The molecule has 0 radical (unpaired) electrons. The largest absolute Gasteiger partial charge is 0.465 e. The zero-order valence-electron chi connectivity index (χ0n) is 13.7. The maximum atomic E-state index is 11.7. The Bertz CT molecular complexity index is 677. The van der Waals surface area contributed by atoms with Gasteiger partial charge in [-0.2, -0.15) is 4.80 Å². The fraction of sp³-hybridized carbons (Fsp3) is 0.600. The first kappa shape index (κ1) is 15.5. The van der Waals surface area contributed by atoms with Crippen LogP contribution in [0.25, 0.3) is 0 Å². The first-order valence-electron chi connectivity index (χ1n) is 7.88. The molecule has 2 unspecified atom stereocenters. The highest BCUT2D eigenvalue weighted by molar-refractivity contribution is 5.70. The van der Waals surface area contributed by atoms with E-state index in [-0.39, 0.29) is 6.04 Å². The molecule has 23 heavy (non-hydrogen) atoms. The van der Waals surface area contributed by atoms with Gasteiger partial charge in [0.1, 0.15) is 0 Å². The molecule has 0 bridgehead atoms. The molecule has 124 valence electrons. The molecule has 2 N–H and O–H groups in total. The molecule has 0 saturated carbocycles. The van der Waals surface area contributed by atoms with E-state index in [4.69, 9.17) is 0 Å². The number of amides is 1. The lowest BCUT2D eigenvalue weighted by Gasteiger charge is -2.31. The molecule has 1 aliphatic carbocycles. The summed E-state index contributed by atoms with van der Waals surface area (Å²) in [6.45, 7) is 4.66. The predicted octanol–water partition coefficient (Wildman–Crippen LogP) is 2.00. The van der Waals surface area contributed by atoms with Gasteiger partial charge < -0.3 is 10.4 Å². The number of nitrogens with zero attached hydrogens (tertiary/aromatic N) is 5. The molecule has 8 nitrogen and oxygen atoms in total. The third-order valence-corrected chi connectivity index (χ3v) is 4.36. The summed E-state index contributed by atoms with van der Waals surface area (Å²) < 4.78 is 0. The molecule has 0 saturated heterocycles. The van der Waals surface area contributed by atoms with Gasteiger partial charge >= 0.3 is 6.09 Å². The number of aromatic nitrogens is 4. The summed E-state index contributed by atoms with van der Waals surface area (Å²) in [6.07, 6.45) is 3.74. The summed E-state index contributed by atoms with van der Waals surface area (Å²) in [7, 11) is 1.72. The molecule has 8 heteroatoms. The van der Waals surface area contributed by atoms with Crippen molar-refractivity contribution >= 4 is 12.0 Å². The Kier molecular flexibility index (Phi) is 4.06. The van der Waals surface area contributed by atoms with Gasteiger partial charge in [0, 0.05) is 6.54 Å². The minimum atomic E-state index is -0.891. The summed E-state index contributed by atoms with van der Waals surface area (Å²) in [5, 5.41) is 24.9. The second-order valence-corrected chi connectivity index (χ2v) is 6.28. The summed E-state index contributed by atoms with van der Waals surface area (Å²) in [4.78, 5) is 14.6. The molecule has 1 aliphatic heterocycles. The highest BCUT2D eigenvalue weighted by Crippen LogP contribution is 2.36. The van der Waals surface area contributed by atoms with Crippen LogP contribution in [0.3, 0.4) is 0 Å². The molecule has 2 aliphatic rings. The second kappa shape index (κ2) is 6.02. The lowest BCUT2D eigenvalue weighted by molar-refractivity contribution is 0.159. The third-order valence-electron chi connectivity index (χ3n) is 4.36. The van der Waals surface area contributed by atoms with Crippen LogP contribution in [0.1, 0.15) is 33.1 Å². The van der Waals surface area contributed by atoms with Crippen LogP contribution >= 0.6 is 0 Å². The molecule has 0 aromatic carbocycles. The van der Waals surface area contributed by atoms with Crippen LogP contribution in [0.2, 0.25) is 0 Å². The molecular formula is C15H22N6O2. The first-order chi connectivity index (χ1) is 11.0. The first-order valence-corrected chi connectivity index (χ1v) is 7.88. The van der Waals surface area contributed by atoms with E-state index in [9.17, 15) is 9.90 Å².